The fourth-order valence-electron chi connectivity index (χ4n) is 2.34. The summed E-state index contributed by atoms with van der Waals surface area (Å²) in [6.45, 7) is 10.4. The molecule has 0 heterocycles. The van der Waals surface area contributed by atoms with Crippen LogP contribution in [0.25, 0.3) is 0 Å². The summed E-state index contributed by atoms with van der Waals surface area (Å²) < 4.78 is 5.83. The van der Waals surface area contributed by atoms with Gasteiger partial charge < -0.3 is 10.1 Å². The molecular weight excluding hydrogens is 248 g/mol. The molecule has 1 N–H and O–H groups in total. The molecule has 1 aromatic carbocycles. The van der Waals surface area contributed by atoms with Gasteiger partial charge in [0.2, 0.25) is 0 Å². The zero-order valence-electron chi connectivity index (χ0n) is 13.1. The lowest BCUT2D eigenvalue weighted by Gasteiger charge is -2.19. The molecule has 1 aromatic rings. The normalized spacial score (nSPS) is 15.1. The summed E-state index contributed by atoms with van der Waals surface area (Å²) in [7, 11) is 0. The highest BCUT2D eigenvalue weighted by molar-refractivity contribution is 5.27. The first-order chi connectivity index (χ1) is 9.69. The lowest BCUT2D eigenvalue weighted by Crippen LogP contribution is -2.30. The second-order valence-corrected chi connectivity index (χ2v) is 5.89. The Morgan fingerprint density at radius 3 is 2.50 bits per heavy atom. The van der Waals surface area contributed by atoms with Crippen LogP contribution in [0.15, 0.2) is 24.3 Å². The smallest absolute Gasteiger partial charge is 0.119 e. The third-order valence-electron chi connectivity index (χ3n) is 3.75. The molecule has 112 valence electrons. The van der Waals surface area contributed by atoms with Crippen molar-refractivity contribution < 1.29 is 4.74 Å². The molecule has 3 nitrogen and oxygen atoms in total. The molecule has 0 saturated heterocycles. The van der Waals surface area contributed by atoms with Crippen LogP contribution < -0.4 is 10.1 Å². The quantitative estimate of drug-likeness (QED) is 0.750. The topological polar surface area (TPSA) is 24.5 Å². The van der Waals surface area contributed by atoms with Gasteiger partial charge in [-0.25, -0.2) is 0 Å². The molecule has 0 atom stereocenters. The standard InChI is InChI=1S/C17H28N2O/c1-4-19(16-7-8-16)11-12-20-17-9-5-15(6-10-17)13-18-14(2)3/h5-6,9-10,14,16,18H,4,7-8,11-13H2,1-3H3. The number of rotatable bonds is 9. The fourth-order valence-corrected chi connectivity index (χ4v) is 2.34. The van der Waals surface area contributed by atoms with Crippen LogP contribution in [0.3, 0.4) is 0 Å². The van der Waals surface area contributed by atoms with Crippen LogP contribution in [0, 0.1) is 0 Å². The second kappa shape index (κ2) is 7.65. The summed E-state index contributed by atoms with van der Waals surface area (Å²) in [5, 5.41) is 3.42. The van der Waals surface area contributed by atoms with Gasteiger partial charge in [0.25, 0.3) is 0 Å². The predicted molar refractivity (Wildman–Crippen MR) is 84.2 cm³/mol. The Labute approximate surface area is 123 Å². The van der Waals surface area contributed by atoms with Gasteiger partial charge in [-0.05, 0) is 37.1 Å². The Morgan fingerprint density at radius 1 is 1.25 bits per heavy atom. The summed E-state index contributed by atoms with van der Waals surface area (Å²) in [5.41, 5.74) is 1.30. The van der Waals surface area contributed by atoms with Gasteiger partial charge in [-0.3, -0.25) is 4.90 Å². The monoisotopic (exact) mass is 276 g/mol. The Bertz CT molecular complexity index is 384. The minimum Gasteiger partial charge on any atom is -0.492 e. The molecule has 0 bridgehead atoms. The predicted octanol–water partition coefficient (Wildman–Crippen LogP) is 3.05. The average Bonchev–Trinajstić information content (AvgIpc) is 3.27. The number of hydrogen-bond donors (Lipinski definition) is 1. The molecule has 1 aliphatic carbocycles. The maximum Gasteiger partial charge on any atom is 0.119 e. The third-order valence-corrected chi connectivity index (χ3v) is 3.75. The highest BCUT2D eigenvalue weighted by Crippen LogP contribution is 2.26. The molecule has 0 radical (unpaired) electrons. The van der Waals surface area contributed by atoms with Crippen molar-refractivity contribution in [1.29, 1.82) is 0 Å². The summed E-state index contributed by atoms with van der Waals surface area (Å²) in [6.07, 6.45) is 2.73. The lowest BCUT2D eigenvalue weighted by atomic mass is 10.2. The van der Waals surface area contributed by atoms with Crippen molar-refractivity contribution in [2.24, 2.45) is 0 Å². The first-order valence-corrected chi connectivity index (χ1v) is 7.88. The van der Waals surface area contributed by atoms with E-state index in [-0.39, 0.29) is 0 Å². The SMILES string of the molecule is CCN(CCOc1ccc(CNC(C)C)cc1)C1CC1. The van der Waals surface area contributed by atoms with Crippen molar-refractivity contribution in [3.05, 3.63) is 29.8 Å². The maximum absolute atomic E-state index is 5.83. The summed E-state index contributed by atoms with van der Waals surface area (Å²) in [5.74, 6) is 0.977. The zero-order chi connectivity index (χ0) is 14.4. The highest BCUT2D eigenvalue weighted by atomic mass is 16.5. The Balaban J connectivity index is 1.70. The number of likely N-dealkylation sites (N-methyl/N-ethyl adjacent to an activating group) is 1. The van der Waals surface area contributed by atoms with E-state index in [4.69, 9.17) is 4.74 Å². The van der Waals surface area contributed by atoms with Crippen LogP contribution in [0.2, 0.25) is 0 Å². The van der Waals surface area contributed by atoms with Gasteiger partial charge in [-0.15, -0.1) is 0 Å². The van der Waals surface area contributed by atoms with Gasteiger partial charge >= 0.3 is 0 Å². The van der Waals surface area contributed by atoms with Gasteiger partial charge in [0.1, 0.15) is 12.4 Å². The summed E-state index contributed by atoms with van der Waals surface area (Å²) in [6, 6.07) is 9.78. The van der Waals surface area contributed by atoms with Crippen molar-refractivity contribution in [2.75, 3.05) is 19.7 Å². The Morgan fingerprint density at radius 2 is 1.95 bits per heavy atom. The van der Waals surface area contributed by atoms with Crippen molar-refractivity contribution in [3.8, 4) is 5.75 Å². The van der Waals surface area contributed by atoms with Crippen LogP contribution >= 0.6 is 0 Å². The van der Waals surface area contributed by atoms with Crippen molar-refractivity contribution >= 4 is 0 Å². The Kier molecular flexibility index (Phi) is 5.86. The van der Waals surface area contributed by atoms with E-state index in [1.54, 1.807) is 0 Å². The van der Waals surface area contributed by atoms with E-state index < -0.39 is 0 Å². The van der Waals surface area contributed by atoms with Crippen molar-refractivity contribution in [2.45, 2.75) is 52.2 Å². The van der Waals surface area contributed by atoms with Gasteiger partial charge in [0.05, 0.1) is 0 Å². The van der Waals surface area contributed by atoms with E-state index in [0.29, 0.717) is 6.04 Å². The molecule has 0 amide bonds. The van der Waals surface area contributed by atoms with E-state index in [0.717, 1.165) is 38.0 Å². The number of nitrogens with one attached hydrogen (secondary N) is 1. The van der Waals surface area contributed by atoms with E-state index in [1.807, 2.05) is 0 Å². The highest BCUT2D eigenvalue weighted by Gasteiger charge is 2.27. The second-order valence-electron chi connectivity index (χ2n) is 5.89. The van der Waals surface area contributed by atoms with Crippen molar-refractivity contribution in [3.63, 3.8) is 0 Å². The van der Waals surface area contributed by atoms with E-state index in [2.05, 4.69) is 55.3 Å². The van der Waals surface area contributed by atoms with E-state index in [9.17, 15) is 0 Å². The minimum absolute atomic E-state index is 0.522. The maximum atomic E-state index is 5.83. The van der Waals surface area contributed by atoms with Crippen LogP contribution in [0.4, 0.5) is 0 Å². The largest absolute Gasteiger partial charge is 0.492 e. The molecule has 1 saturated carbocycles. The first kappa shape index (κ1) is 15.3. The van der Waals surface area contributed by atoms with Crippen molar-refractivity contribution in [1.82, 2.24) is 10.2 Å². The van der Waals surface area contributed by atoms with Crippen LogP contribution in [-0.2, 0) is 6.54 Å². The molecular formula is C17H28N2O. The molecule has 1 aliphatic rings. The molecule has 0 spiro atoms. The molecule has 1 fully saturated rings. The zero-order valence-corrected chi connectivity index (χ0v) is 13.1. The lowest BCUT2D eigenvalue weighted by molar-refractivity contribution is 0.209. The number of ether oxygens (including phenoxy) is 1. The number of nitrogens with zero attached hydrogens (tertiary/aromatic N) is 1. The first-order valence-electron chi connectivity index (χ1n) is 7.88. The van der Waals surface area contributed by atoms with Crippen LogP contribution in [0.5, 0.6) is 5.75 Å². The number of hydrogen-bond acceptors (Lipinski definition) is 3. The third kappa shape index (κ3) is 5.14. The minimum atomic E-state index is 0.522. The van der Waals surface area contributed by atoms with E-state index in [1.165, 1.54) is 18.4 Å². The fraction of sp³-hybridized carbons (Fsp3) is 0.647. The van der Waals surface area contributed by atoms with Gasteiger partial charge in [0, 0.05) is 25.2 Å². The molecule has 20 heavy (non-hydrogen) atoms. The van der Waals surface area contributed by atoms with Gasteiger partial charge in [-0.1, -0.05) is 32.9 Å². The summed E-state index contributed by atoms with van der Waals surface area (Å²) in [4.78, 5) is 2.51. The van der Waals surface area contributed by atoms with Crippen LogP contribution in [0.1, 0.15) is 39.2 Å². The van der Waals surface area contributed by atoms with E-state index >= 15 is 0 Å². The molecule has 0 aliphatic heterocycles. The Hall–Kier alpha value is -1.06. The van der Waals surface area contributed by atoms with Gasteiger partial charge in [0.15, 0.2) is 0 Å². The summed E-state index contributed by atoms with van der Waals surface area (Å²) >= 11 is 0. The van der Waals surface area contributed by atoms with Crippen LogP contribution in [-0.4, -0.2) is 36.7 Å². The average molecular weight is 276 g/mol. The molecule has 0 unspecified atom stereocenters. The molecule has 3 heteroatoms. The van der Waals surface area contributed by atoms with Gasteiger partial charge in [-0.2, -0.15) is 0 Å². The molecule has 2 rings (SSSR count). The molecule has 0 aromatic heterocycles. The number of benzene rings is 1.